The van der Waals surface area contributed by atoms with Crippen molar-refractivity contribution in [1.82, 2.24) is 14.9 Å². The highest BCUT2D eigenvalue weighted by molar-refractivity contribution is 7.80. The molecule has 0 spiro atoms. The van der Waals surface area contributed by atoms with E-state index in [1.54, 1.807) is 30.5 Å². The van der Waals surface area contributed by atoms with E-state index in [0.29, 0.717) is 20.8 Å². The van der Waals surface area contributed by atoms with Gasteiger partial charge >= 0.3 is 0 Å². The van der Waals surface area contributed by atoms with Crippen molar-refractivity contribution in [2.75, 3.05) is 4.90 Å². The molecule has 0 bridgehead atoms. The Morgan fingerprint density at radius 1 is 0.938 bits per heavy atom. The number of rotatable bonds is 4. The third-order valence-corrected chi connectivity index (χ3v) is 6.34. The topological polar surface area (TPSA) is 53.3 Å². The van der Waals surface area contributed by atoms with Crippen molar-refractivity contribution in [2.45, 2.75) is 12.1 Å². The number of para-hydroxylation sites is 2. The molecule has 3 heterocycles. The quantitative estimate of drug-likeness (QED) is 0.347. The molecule has 5 nitrogen and oxygen atoms in total. The molecule has 1 aliphatic heterocycles. The molecule has 4 aromatic rings. The van der Waals surface area contributed by atoms with Crippen LogP contribution in [0.2, 0.25) is 10.0 Å². The van der Waals surface area contributed by atoms with Gasteiger partial charge in [0.1, 0.15) is 11.8 Å². The maximum Gasteiger partial charge on any atom is 0.174 e. The van der Waals surface area contributed by atoms with Crippen LogP contribution in [0.25, 0.3) is 5.69 Å². The summed E-state index contributed by atoms with van der Waals surface area (Å²) in [6.07, 6.45) is 3.71. The zero-order chi connectivity index (χ0) is 22.2. The Hall–Kier alpha value is -3.06. The Bertz CT molecular complexity index is 1290. The summed E-state index contributed by atoms with van der Waals surface area (Å²) in [5.41, 5.74) is 3.18. The first-order valence-electron chi connectivity index (χ1n) is 9.96. The third kappa shape index (κ3) is 3.60. The van der Waals surface area contributed by atoms with E-state index in [-0.39, 0.29) is 17.8 Å². The van der Waals surface area contributed by atoms with Gasteiger partial charge in [-0.2, -0.15) is 0 Å². The van der Waals surface area contributed by atoms with Crippen LogP contribution in [0.5, 0.6) is 5.75 Å². The summed E-state index contributed by atoms with van der Waals surface area (Å²) in [6, 6.07) is 21.8. The average molecular weight is 481 g/mol. The van der Waals surface area contributed by atoms with Gasteiger partial charge in [-0.25, -0.2) is 0 Å². The molecule has 2 atom stereocenters. The zero-order valence-corrected chi connectivity index (χ0v) is 19.0. The number of aromatic nitrogens is 2. The number of aromatic hydroxyl groups is 1. The zero-order valence-electron chi connectivity index (χ0n) is 16.7. The van der Waals surface area contributed by atoms with Crippen LogP contribution in [-0.2, 0) is 0 Å². The summed E-state index contributed by atoms with van der Waals surface area (Å²) in [6.45, 7) is 0. The lowest BCUT2D eigenvalue weighted by molar-refractivity contribution is 0.472. The number of pyridine rings is 1. The molecule has 2 aromatic carbocycles. The van der Waals surface area contributed by atoms with E-state index in [1.165, 1.54) is 0 Å². The summed E-state index contributed by atoms with van der Waals surface area (Å²) in [5.74, 6) is 0.144. The number of thiocarbonyl (C=S) groups is 1. The first kappa shape index (κ1) is 20.8. The van der Waals surface area contributed by atoms with Gasteiger partial charge in [0.2, 0.25) is 0 Å². The summed E-state index contributed by atoms with van der Waals surface area (Å²) in [4.78, 5) is 6.50. The van der Waals surface area contributed by atoms with Crippen LogP contribution in [0.1, 0.15) is 23.5 Å². The van der Waals surface area contributed by atoms with E-state index in [4.69, 9.17) is 35.4 Å². The minimum Gasteiger partial charge on any atom is -0.506 e. The van der Waals surface area contributed by atoms with Crippen LogP contribution >= 0.6 is 35.4 Å². The van der Waals surface area contributed by atoms with Gasteiger partial charge < -0.3 is 19.9 Å². The van der Waals surface area contributed by atoms with Crippen molar-refractivity contribution in [1.29, 1.82) is 0 Å². The Balaban J connectivity index is 1.70. The summed E-state index contributed by atoms with van der Waals surface area (Å²) >= 11 is 18.4. The van der Waals surface area contributed by atoms with Gasteiger partial charge in [0.15, 0.2) is 5.11 Å². The molecular weight excluding hydrogens is 463 g/mol. The van der Waals surface area contributed by atoms with Gasteiger partial charge in [-0.05, 0) is 66.8 Å². The van der Waals surface area contributed by atoms with E-state index in [9.17, 15) is 5.11 Å². The highest BCUT2D eigenvalue weighted by Crippen LogP contribution is 2.45. The Morgan fingerprint density at radius 2 is 1.75 bits per heavy atom. The molecule has 0 amide bonds. The number of nitrogens with zero attached hydrogens (tertiary/aromatic N) is 3. The molecule has 1 aliphatic rings. The summed E-state index contributed by atoms with van der Waals surface area (Å²) < 4.78 is 2.02. The molecular formula is C24H18Cl2N4OS. The number of phenols is 1. The Labute approximate surface area is 200 Å². The lowest BCUT2D eigenvalue weighted by Crippen LogP contribution is -2.30. The number of hydrogen-bond donors (Lipinski definition) is 2. The maximum atomic E-state index is 10.6. The second-order valence-electron chi connectivity index (χ2n) is 7.38. The van der Waals surface area contributed by atoms with Crippen molar-refractivity contribution >= 4 is 46.2 Å². The van der Waals surface area contributed by atoms with Crippen LogP contribution in [0.15, 0.2) is 85.2 Å². The van der Waals surface area contributed by atoms with E-state index in [2.05, 4.69) is 10.3 Å². The Morgan fingerprint density at radius 3 is 2.50 bits per heavy atom. The molecule has 5 rings (SSSR count). The van der Waals surface area contributed by atoms with Crippen LogP contribution < -0.4 is 10.2 Å². The molecule has 0 saturated carbocycles. The van der Waals surface area contributed by atoms with Crippen molar-refractivity contribution in [3.8, 4) is 11.4 Å². The average Bonchev–Trinajstić information content (AvgIpc) is 3.39. The number of anilines is 1. The van der Waals surface area contributed by atoms with Crippen molar-refractivity contribution in [3.05, 3.63) is 107 Å². The van der Waals surface area contributed by atoms with E-state index < -0.39 is 0 Å². The number of hydrogen-bond acceptors (Lipinski definition) is 3. The third-order valence-electron chi connectivity index (χ3n) is 5.49. The van der Waals surface area contributed by atoms with Crippen molar-refractivity contribution in [3.63, 3.8) is 0 Å². The summed E-state index contributed by atoms with van der Waals surface area (Å²) in [7, 11) is 0. The van der Waals surface area contributed by atoms with Gasteiger partial charge in [0, 0.05) is 23.1 Å². The molecule has 2 N–H and O–H groups in total. The van der Waals surface area contributed by atoms with E-state index in [0.717, 1.165) is 17.1 Å². The molecule has 0 unspecified atom stereocenters. The SMILES string of the molecule is Oc1ccccc1N1C(=S)N[C@H](c2ccccn2)[C@H]1c1cccn1-c1ccc(Cl)cc1Cl. The fraction of sp³-hybridized carbons (Fsp3) is 0.0833. The highest BCUT2D eigenvalue weighted by Gasteiger charge is 2.43. The van der Waals surface area contributed by atoms with E-state index >= 15 is 0 Å². The minimum absolute atomic E-state index is 0.144. The number of nitrogens with one attached hydrogen (secondary N) is 1. The van der Waals surface area contributed by atoms with Gasteiger partial charge in [0.05, 0.1) is 28.1 Å². The fourth-order valence-corrected chi connectivity index (χ4v) is 4.95. The molecule has 1 fully saturated rings. The van der Waals surface area contributed by atoms with Crippen molar-refractivity contribution in [2.24, 2.45) is 0 Å². The minimum atomic E-state index is -0.299. The second-order valence-corrected chi connectivity index (χ2v) is 8.61. The lowest BCUT2D eigenvalue weighted by Gasteiger charge is -2.29. The van der Waals surface area contributed by atoms with Crippen LogP contribution in [-0.4, -0.2) is 19.8 Å². The van der Waals surface area contributed by atoms with Gasteiger partial charge in [0.25, 0.3) is 0 Å². The normalized spacial score (nSPS) is 18.1. The number of phenolic OH excluding ortho intramolecular Hbond substituents is 1. The molecule has 0 radical (unpaired) electrons. The largest absolute Gasteiger partial charge is 0.506 e. The maximum absolute atomic E-state index is 10.6. The molecule has 1 saturated heterocycles. The van der Waals surface area contributed by atoms with Gasteiger partial charge in [-0.1, -0.05) is 41.4 Å². The van der Waals surface area contributed by atoms with Gasteiger partial charge in [-0.15, -0.1) is 0 Å². The monoisotopic (exact) mass is 480 g/mol. The van der Waals surface area contributed by atoms with Gasteiger partial charge in [-0.3, -0.25) is 4.98 Å². The fourth-order valence-electron chi connectivity index (χ4n) is 4.11. The molecule has 160 valence electrons. The lowest BCUT2D eigenvalue weighted by atomic mass is 10.0. The highest BCUT2D eigenvalue weighted by atomic mass is 35.5. The van der Waals surface area contributed by atoms with Crippen LogP contribution in [0.4, 0.5) is 5.69 Å². The molecule has 32 heavy (non-hydrogen) atoms. The smallest absolute Gasteiger partial charge is 0.174 e. The predicted molar refractivity (Wildman–Crippen MR) is 132 cm³/mol. The van der Waals surface area contributed by atoms with E-state index in [1.807, 2.05) is 64.2 Å². The second kappa shape index (κ2) is 8.47. The van der Waals surface area contributed by atoms with Crippen molar-refractivity contribution < 1.29 is 5.11 Å². The molecule has 0 aliphatic carbocycles. The first-order chi connectivity index (χ1) is 15.5. The standard InChI is InChI=1S/C24H18Cl2N4OS/c25-15-10-11-18(16(26)14-15)29-13-5-8-20(29)23-22(17-6-3-4-12-27-17)28-24(32)30(23)19-7-1-2-9-21(19)31/h1-14,22-23,31H,(H,28,32)/t22-,23-/m1/s1. The summed E-state index contributed by atoms with van der Waals surface area (Å²) in [5, 5.41) is 15.6. The molecule has 8 heteroatoms. The first-order valence-corrected chi connectivity index (χ1v) is 11.1. The predicted octanol–water partition coefficient (Wildman–Crippen LogP) is 6.06. The van der Waals surface area contributed by atoms with Crippen LogP contribution in [0, 0.1) is 0 Å². The number of halogens is 2. The molecule has 2 aromatic heterocycles. The number of benzene rings is 2. The Kier molecular flexibility index (Phi) is 5.51. The van der Waals surface area contributed by atoms with Crippen LogP contribution in [0.3, 0.4) is 0 Å².